The van der Waals surface area contributed by atoms with E-state index in [0.717, 1.165) is 5.69 Å². The summed E-state index contributed by atoms with van der Waals surface area (Å²) in [6, 6.07) is 8.08. The lowest BCUT2D eigenvalue weighted by molar-refractivity contribution is 0.188. The third-order valence-corrected chi connectivity index (χ3v) is 4.93. The lowest BCUT2D eigenvalue weighted by Crippen LogP contribution is -2.31. The van der Waals surface area contributed by atoms with Crippen LogP contribution >= 0.6 is 0 Å². The second-order valence-corrected chi connectivity index (χ2v) is 6.18. The van der Waals surface area contributed by atoms with Crippen molar-refractivity contribution in [3.05, 3.63) is 24.3 Å². The van der Waals surface area contributed by atoms with Crippen molar-refractivity contribution in [3.8, 4) is 5.75 Å². The molecule has 1 spiro atoms. The van der Waals surface area contributed by atoms with Crippen molar-refractivity contribution in [1.29, 1.82) is 0 Å². The number of phenolic OH excluding ortho intramolecular Hbond substituents is 1. The minimum absolute atomic E-state index is 0.350. The summed E-state index contributed by atoms with van der Waals surface area (Å²) in [5, 5.41) is 13.0. The number of benzene rings is 1. The van der Waals surface area contributed by atoms with Crippen LogP contribution in [-0.4, -0.2) is 11.1 Å². The Balaban J connectivity index is 1.57. The number of anilines is 1. The Labute approximate surface area is 109 Å². The van der Waals surface area contributed by atoms with E-state index in [1.807, 2.05) is 18.2 Å². The highest BCUT2D eigenvalue weighted by Gasteiger charge is 2.37. The zero-order chi connectivity index (χ0) is 12.4. The Hall–Kier alpha value is -1.18. The van der Waals surface area contributed by atoms with Crippen LogP contribution in [0.4, 0.5) is 5.69 Å². The predicted octanol–water partition coefficient (Wildman–Crippen LogP) is 4.31. The van der Waals surface area contributed by atoms with Gasteiger partial charge in [-0.05, 0) is 56.1 Å². The monoisotopic (exact) mass is 245 g/mol. The molecule has 0 unspecified atom stereocenters. The molecule has 3 rings (SSSR count). The molecule has 1 aromatic rings. The van der Waals surface area contributed by atoms with Gasteiger partial charge in [0.05, 0.1) is 0 Å². The zero-order valence-corrected chi connectivity index (χ0v) is 11.0. The van der Waals surface area contributed by atoms with Crippen LogP contribution < -0.4 is 5.32 Å². The summed E-state index contributed by atoms with van der Waals surface area (Å²) < 4.78 is 0. The maximum absolute atomic E-state index is 9.47. The van der Waals surface area contributed by atoms with Crippen LogP contribution in [0.5, 0.6) is 5.75 Å². The molecule has 0 radical (unpaired) electrons. The highest BCUT2D eigenvalue weighted by atomic mass is 16.3. The average molecular weight is 245 g/mol. The van der Waals surface area contributed by atoms with Gasteiger partial charge in [-0.1, -0.05) is 18.9 Å². The van der Waals surface area contributed by atoms with E-state index in [4.69, 9.17) is 0 Å². The Bertz CT molecular complexity index is 399. The minimum atomic E-state index is 0.350. The summed E-state index contributed by atoms with van der Waals surface area (Å²) >= 11 is 0. The van der Waals surface area contributed by atoms with Gasteiger partial charge in [-0.15, -0.1) is 0 Å². The molecule has 2 aliphatic rings. The van der Waals surface area contributed by atoms with Crippen molar-refractivity contribution in [2.75, 3.05) is 5.32 Å². The van der Waals surface area contributed by atoms with Gasteiger partial charge in [0, 0.05) is 17.8 Å². The van der Waals surface area contributed by atoms with Crippen molar-refractivity contribution in [1.82, 2.24) is 0 Å². The van der Waals surface area contributed by atoms with E-state index in [1.54, 1.807) is 6.07 Å². The second kappa shape index (κ2) is 4.83. The van der Waals surface area contributed by atoms with Crippen LogP contribution in [0.2, 0.25) is 0 Å². The molecule has 0 aromatic heterocycles. The molecule has 0 saturated heterocycles. The van der Waals surface area contributed by atoms with Crippen LogP contribution in [0.3, 0.4) is 0 Å². The van der Waals surface area contributed by atoms with Gasteiger partial charge in [0.25, 0.3) is 0 Å². The van der Waals surface area contributed by atoms with E-state index >= 15 is 0 Å². The van der Waals surface area contributed by atoms with Gasteiger partial charge in [-0.2, -0.15) is 0 Å². The summed E-state index contributed by atoms with van der Waals surface area (Å²) in [7, 11) is 0. The molecule has 2 heteroatoms. The molecule has 1 aromatic carbocycles. The standard InChI is InChI=1S/C16H23NO/c18-15-5-3-4-14(12-15)17-13-6-10-16(11-7-13)8-1-2-9-16/h3-5,12-13,17-18H,1-2,6-11H2. The number of nitrogens with one attached hydrogen (secondary N) is 1. The quantitative estimate of drug-likeness (QED) is 0.814. The van der Waals surface area contributed by atoms with Crippen molar-refractivity contribution in [2.45, 2.75) is 57.4 Å². The first-order valence-corrected chi connectivity index (χ1v) is 7.31. The maximum Gasteiger partial charge on any atom is 0.117 e. The number of rotatable bonds is 2. The smallest absolute Gasteiger partial charge is 0.117 e. The Kier molecular flexibility index (Phi) is 3.19. The molecular weight excluding hydrogens is 222 g/mol. The normalized spacial score (nSPS) is 23.3. The van der Waals surface area contributed by atoms with E-state index in [9.17, 15) is 5.11 Å². The van der Waals surface area contributed by atoms with E-state index in [1.165, 1.54) is 51.4 Å². The van der Waals surface area contributed by atoms with Gasteiger partial charge in [0.1, 0.15) is 5.75 Å². The minimum Gasteiger partial charge on any atom is -0.508 e. The molecule has 18 heavy (non-hydrogen) atoms. The molecule has 2 N–H and O–H groups in total. The number of hydrogen-bond donors (Lipinski definition) is 2. The zero-order valence-electron chi connectivity index (χ0n) is 11.0. The van der Waals surface area contributed by atoms with E-state index in [-0.39, 0.29) is 0 Å². The molecule has 2 nitrogen and oxygen atoms in total. The molecule has 0 bridgehead atoms. The van der Waals surface area contributed by atoms with Crippen LogP contribution in [0.1, 0.15) is 51.4 Å². The summed E-state index contributed by atoms with van der Waals surface area (Å²) in [5.74, 6) is 0.350. The van der Waals surface area contributed by atoms with Crippen LogP contribution in [-0.2, 0) is 0 Å². The van der Waals surface area contributed by atoms with Crippen LogP contribution in [0.15, 0.2) is 24.3 Å². The van der Waals surface area contributed by atoms with Crippen molar-refractivity contribution in [3.63, 3.8) is 0 Å². The van der Waals surface area contributed by atoms with Gasteiger partial charge in [0.2, 0.25) is 0 Å². The van der Waals surface area contributed by atoms with E-state index in [0.29, 0.717) is 17.2 Å². The first-order chi connectivity index (χ1) is 8.76. The molecule has 0 heterocycles. The highest BCUT2D eigenvalue weighted by Crippen LogP contribution is 2.49. The van der Waals surface area contributed by atoms with Crippen LogP contribution in [0.25, 0.3) is 0 Å². The molecule has 2 aliphatic carbocycles. The topological polar surface area (TPSA) is 32.3 Å². The lowest BCUT2D eigenvalue weighted by Gasteiger charge is -2.37. The third kappa shape index (κ3) is 2.47. The number of hydrogen-bond acceptors (Lipinski definition) is 2. The lowest BCUT2D eigenvalue weighted by atomic mass is 9.71. The van der Waals surface area contributed by atoms with Crippen molar-refractivity contribution in [2.24, 2.45) is 5.41 Å². The molecule has 2 fully saturated rings. The van der Waals surface area contributed by atoms with Gasteiger partial charge in [-0.3, -0.25) is 0 Å². The average Bonchev–Trinajstić information content (AvgIpc) is 2.81. The summed E-state index contributed by atoms with van der Waals surface area (Å²) in [6.07, 6.45) is 11.2. The van der Waals surface area contributed by atoms with Gasteiger partial charge < -0.3 is 10.4 Å². The van der Waals surface area contributed by atoms with Crippen molar-refractivity contribution < 1.29 is 5.11 Å². The summed E-state index contributed by atoms with van der Waals surface area (Å²) in [6.45, 7) is 0. The summed E-state index contributed by atoms with van der Waals surface area (Å²) in [4.78, 5) is 0. The van der Waals surface area contributed by atoms with Gasteiger partial charge in [0.15, 0.2) is 0 Å². The highest BCUT2D eigenvalue weighted by molar-refractivity contribution is 5.48. The van der Waals surface area contributed by atoms with Crippen LogP contribution in [0, 0.1) is 5.41 Å². The maximum atomic E-state index is 9.47. The van der Waals surface area contributed by atoms with E-state index in [2.05, 4.69) is 5.32 Å². The molecular formula is C16H23NO. The first kappa shape index (κ1) is 11.9. The fourth-order valence-corrected chi connectivity index (χ4v) is 3.83. The van der Waals surface area contributed by atoms with E-state index < -0.39 is 0 Å². The summed E-state index contributed by atoms with van der Waals surface area (Å²) in [5.41, 5.74) is 1.76. The molecule has 0 aliphatic heterocycles. The number of aromatic hydroxyl groups is 1. The second-order valence-electron chi connectivity index (χ2n) is 6.18. The molecule has 98 valence electrons. The fraction of sp³-hybridized carbons (Fsp3) is 0.625. The third-order valence-electron chi connectivity index (χ3n) is 4.93. The Morgan fingerprint density at radius 3 is 2.44 bits per heavy atom. The van der Waals surface area contributed by atoms with Gasteiger partial charge in [-0.25, -0.2) is 0 Å². The largest absolute Gasteiger partial charge is 0.508 e. The SMILES string of the molecule is Oc1cccc(NC2CCC3(CCCC3)CC2)c1. The Morgan fingerprint density at radius 2 is 1.78 bits per heavy atom. The van der Waals surface area contributed by atoms with Gasteiger partial charge >= 0.3 is 0 Å². The predicted molar refractivity (Wildman–Crippen MR) is 74.9 cm³/mol. The number of phenols is 1. The molecule has 2 saturated carbocycles. The molecule has 0 atom stereocenters. The Morgan fingerprint density at radius 1 is 1.06 bits per heavy atom. The van der Waals surface area contributed by atoms with Crippen molar-refractivity contribution >= 4 is 5.69 Å². The fourth-order valence-electron chi connectivity index (χ4n) is 3.83. The first-order valence-electron chi connectivity index (χ1n) is 7.31. The molecule has 0 amide bonds.